The van der Waals surface area contributed by atoms with E-state index in [-0.39, 0.29) is 17.0 Å². The number of amides is 1. The lowest BCUT2D eigenvalue weighted by Gasteiger charge is -2.23. The Bertz CT molecular complexity index is 1140. The smallest absolute Gasteiger partial charge is 0.433 e. The number of aryl methyl sites for hydroxylation is 1. The molecule has 1 aliphatic heterocycles. The molecule has 0 saturated heterocycles. The van der Waals surface area contributed by atoms with Gasteiger partial charge >= 0.3 is 6.18 Å². The summed E-state index contributed by atoms with van der Waals surface area (Å²) >= 11 is 0. The lowest BCUT2D eigenvalue weighted by molar-refractivity contribution is -0.140. The summed E-state index contributed by atoms with van der Waals surface area (Å²) in [5, 5.41) is 0.533. The molecule has 2 aliphatic rings. The summed E-state index contributed by atoms with van der Waals surface area (Å²) in [7, 11) is 0. The van der Waals surface area contributed by atoms with Crippen LogP contribution in [0.1, 0.15) is 56.2 Å². The minimum absolute atomic E-state index is 0.0907. The van der Waals surface area contributed by atoms with Crippen molar-refractivity contribution in [2.45, 2.75) is 63.6 Å². The van der Waals surface area contributed by atoms with Gasteiger partial charge in [0.2, 0.25) is 0 Å². The fourth-order valence-electron chi connectivity index (χ4n) is 3.97. The van der Waals surface area contributed by atoms with Gasteiger partial charge in [-0.25, -0.2) is 9.37 Å². The van der Waals surface area contributed by atoms with Gasteiger partial charge in [-0.3, -0.25) is 4.79 Å². The fourth-order valence-corrected chi connectivity index (χ4v) is 3.97. The monoisotopic (exact) mass is 491 g/mol. The number of alkyl halides is 3. The van der Waals surface area contributed by atoms with Crippen LogP contribution in [0.5, 0.6) is 5.75 Å². The number of ether oxygens (including phenoxy) is 1. The number of pyridine rings is 1. The van der Waals surface area contributed by atoms with E-state index in [1.54, 1.807) is 18.2 Å². The molecule has 0 bridgehead atoms. The number of nitrogens with zero attached hydrogens (tertiary/aromatic N) is 1. The summed E-state index contributed by atoms with van der Waals surface area (Å²) in [5.74, 6) is -0.202. The van der Waals surface area contributed by atoms with Crippen LogP contribution in [0.2, 0.25) is 0 Å². The average molecular weight is 492 g/mol. The topological polar surface area (TPSA) is 91.2 Å². The minimum Gasteiger partial charge on any atom is -0.480 e. The third kappa shape index (κ3) is 7.56. The lowest BCUT2D eigenvalue weighted by Crippen LogP contribution is -2.36. The number of primary amides is 1. The van der Waals surface area contributed by atoms with E-state index in [0.717, 1.165) is 11.6 Å². The zero-order valence-corrected chi connectivity index (χ0v) is 19.3. The Morgan fingerprint density at radius 2 is 1.60 bits per heavy atom. The molecular formula is C26H29F4N3O2. The Morgan fingerprint density at radius 3 is 2.20 bits per heavy atom. The van der Waals surface area contributed by atoms with E-state index in [2.05, 4.69) is 4.98 Å². The van der Waals surface area contributed by atoms with Crippen LogP contribution in [0, 0.1) is 5.82 Å². The first kappa shape index (κ1) is 26.2. The second kappa shape index (κ2) is 11.9. The van der Waals surface area contributed by atoms with Gasteiger partial charge in [0.25, 0.3) is 5.91 Å². The Hall–Kier alpha value is -3.36. The Balaban J connectivity index is 0.000000159. The van der Waals surface area contributed by atoms with Gasteiger partial charge < -0.3 is 16.2 Å². The van der Waals surface area contributed by atoms with Crippen LogP contribution in [-0.4, -0.2) is 17.0 Å². The molecule has 1 amide bonds. The maximum atomic E-state index is 12.8. The summed E-state index contributed by atoms with van der Waals surface area (Å²) in [5.41, 5.74) is 10.8. The number of carbonyl (C=O) groups is 1. The lowest BCUT2D eigenvalue weighted by atomic mass is 10.0. The summed E-state index contributed by atoms with van der Waals surface area (Å²) in [6.07, 6.45) is 5.11. The van der Waals surface area contributed by atoms with Crippen molar-refractivity contribution in [1.82, 2.24) is 4.98 Å². The van der Waals surface area contributed by atoms with E-state index in [1.807, 2.05) is 0 Å². The molecule has 1 saturated carbocycles. The van der Waals surface area contributed by atoms with Gasteiger partial charge in [-0.2, -0.15) is 13.2 Å². The molecule has 3 aromatic rings. The summed E-state index contributed by atoms with van der Waals surface area (Å²) in [4.78, 5) is 14.4. The third-order valence-corrected chi connectivity index (χ3v) is 5.82. The molecule has 0 radical (unpaired) electrons. The highest BCUT2D eigenvalue weighted by Crippen LogP contribution is 2.31. The number of fused-ring (bicyclic) bond motifs is 2. The molecule has 9 heteroatoms. The molecule has 1 atom stereocenters. The van der Waals surface area contributed by atoms with Crippen LogP contribution in [0.25, 0.3) is 10.9 Å². The van der Waals surface area contributed by atoms with Crippen LogP contribution in [0.15, 0.2) is 48.5 Å². The van der Waals surface area contributed by atoms with E-state index in [1.165, 1.54) is 62.8 Å². The molecule has 5 rings (SSSR count). The van der Waals surface area contributed by atoms with Crippen molar-refractivity contribution < 1.29 is 27.1 Å². The van der Waals surface area contributed by atoms with Crippen molar-refractivity contribution in [2.24, 2.45) is 5.73 Å². The quantitative estimate of drug-likeness (QED) is 0.398. The van der Waals surface area contributed by atoms with Gasteiger partial charge in [-0.05, 0) is 48.7 Å². The normalized spacial score (nSPS) is 17.1. The molecule has 1 aromatic heterocycles. The van der Waals surface area contributed by atoms with Crippen LogP contribution < -0.4 is 16.2 Å². The first-order valence-electron chi connectivity index (χ1n) is 11.6. The van der Waals surface area contributed by atoms with Crippen molar-refractivity contribution in [3.63, 3.8) is 0 Å². The number of hydrogen-bond donors (Lipinski definition) is 2. The van der Waals surface area contributed by atoms with Crippen molar-refractivity contribution in [2.75, 3.05) is 5.73 Å². The molecule has 4 N–H and O–H groups in total. The molecule has 0 spiro atoms. The van der Waals surface area contributed by atoms with Crippen LogP contribution in [0.4, 0.5) is 23.2 Å². The number of halogens is 4. The highest BCUT2D eigenvalue weighted by molar-refractivity contribution is 5.90. The van der Waals surface area contributed by atoms with E-state index in [4.69, 9.17) is 16.2 Å². The number of benzene rings is 2. The van der Waals surface area contributed by atoms with Gasteiger partial charge in [0, 0.05) is 11.1 Å². The molecule has 188 valence electrons. The predicted octanol–water partition coefficient (Wildman–Crippen LogP) is 6.18. The first-order valence-corrected chi connectivity index (χ1v) is 11.6. The molecule has 1 fully saturated rings. The number of hydrogen-bond acceptors (Lipinski definition) is 4. The van der Waals surface area contributed by atoms with Crippen molar-refractivity contribution in [3.05, 3.63) is 65.6 Å². The molecule has 2 aromatic carbocycles. The SMILES string of the molecule is C1CCCCC1.NC(=O)C1CCc2cc(F)ccc2O1.Nc1cc(C(F)(F)F)nc2ccccc12. The fraction of sp³-hybridized carbons (Fsp3) is 0.385. The van der Waals surface area contributed by atoms with Crippen molar-refractivity contribution in [1.29, 1.82) is 0 Å². The van der Waals surface area contributed by atoms with E-state index in [0.29, 0.717) is 24.0 Å². The molecule has 1 unspecified atom stereocenters. The highest BCUT2D eigenvalue weighted by Gasteiger charge is 2.33. The number of para-hydroxylation sites is 1. The Labute approximate surface area is 201 Å². The molecule has 1 aliphatic carbocycles. The minimum atomic E-state index is -4.46. The van der Waals surface area contributed by atoms with Gasteiger partial charge in [0.1, 0.15) is 17.3 Å². The van der Waals surface area contributed by atoms with Crippen LogP contribution in [0.3, 0.4) is 0 Å². The summed E-state index contributed by atoms with van der Waals surface area (Å²) in [6.45, 7) is 0. The maximum Gasteiger partial charge on any atom is 0.433 e. The molecule has 2 heterocycles. The maximum absolute atomic E-state index is 12.8. The second-order valence-corrected chi connectivity index (χ2v) is 8.53. The zero-order valence-electron chi connectivity index (χ0n) is 19.3. The summed E-state index contributed by atoms with van der Waals surface area (Å²) < 4.78 is 55.2. The van der Waals surface area contributed by atoms with Crippen molar-refractivity contribution >= 4 is 22.5 Å². The molecule has 5 nitrogen and oxygen atoms in total. The number of nitrogens with two attached hydrogens (primary N) is 2. The molecular weight excluding hydrogens is 462 g/mol. The van der Waals surface area contributed by atoms with E-state index in [9.17, 15) is 22.4 Å². The Morgan fingerprint density at radius 1 is 0.971 bits per heavy atom. The number of aromatic nitrogens is 1. The van der Waals surface area contributed by atoms with E-state index < -0.39 is 23.9 Å². The third-order valence-electron chi connectivity index (χ3n) is 5.82. The number of nitrogen functional groups attached to an aromatic ring is 1. The largest absolute Gasteiger partial charge is 0.480 e. The first-order chi connectivity index (χ1) is 16.6. The highest BCUT2D eigenvalue weighted by atomic mass is 19.4. The predicted molar refractivity (Wildman–Crippen MR) is 127 cm³/mol. The number of anilines is 1. The standard InChI is InChI=1S/C10H7F3N2.C10H10FNO2.C6H12/c11-10(12,13)9-5-7(14)6-3-1-2-4-8(6)15-9;11-7-2-4-8-6(5-7)1-3-9(14-8)10(12)13;1-2-4-6-5-3-1/h1-5H,(H2,14,15);2,4-5,9H,1,3H2,(H2,12,13);1-6H2. The van der Waals surface area contributed by atoms with Crippen LogP contribution >= 0.6 is 0 Å². The second-order valence-electron chi connectivity index (χ2n) is 8.53. The van der Waals surface area contributed by atoms with Gasteiger partial charge in [0.15, 0.2) is 6.10 Å². The summed E-state index contributed by atoms with van der Waals surface area (Å²) in [6, 6.07) is 11.6. The Kier molecular flexibility index (Phi) is 8.89. The number of carbonyl (C=O) groups excluding carboxylic acids is 1. The number of rotatable bonds is 1. The molecule has 35 heavy (non-hydrogen) atoms. The zero-order chi connectivity index (χ0) is 25.4. The van der Waals surface area contributed by atoms with E-state index >= 15 is 0 Å². The van der Waals surface area contributed by atoms with Crippen molar-refractivity contribution in [3.8, 4) is 5.75 Å². The van der Waals surface area contributed by atoms with Gasteiger partial charge in [0.05, 0.1) is 5.52 Å². The van der Waals surface area contributed by atoms with Gasteiger partial charge in [-0.1, -0.05) is 56.7 Å². The van der Waals surface area contributed by atoms with Crippen LogP contribution in [-0.2, 0) is 17.4 Å². The van der Waals surface area contributed by atoms with Gasteiger partial charge in [-0.15, -0.1) is 0 Å². The average Bonchev–Trinajstić information content (AvgIpc) is 2.85.